The lowest BCUT2D eigenvalue weighted by Crippen LogP contribution is -2.62. The first kappa shape index (κ1) is 52.5. The van der Waals surface area contributed by atoms with Crippen LogP contribution in [0.25, 0.3) is 77.2 Å². The summed E-state index contributed by atoms with van der Waals surface area (Å²) in [5, 5.41) is 5.01. The van der Waals surface area contributed by atoms with Gasteiger partial charge in [0.2, 0.25) is 0 Å². The molecule has 0 unspecified atom stereocenters. The van der Waals surface area contributed by atoms with Gasteiger partial charge in [0.25, 0.3) is 6.71 Å². The predicted molar refractivity (Wildman–Crippen MR) is 366 cm³/mol. The van der Waals surface area contributed by atoms with Gasteiger partial charge in [-0.15, -0.1) is 0 Å². The van der Waals surface area contributed by atoms with Gasteiger partial charge in [-0.3, -0.25) is 0 Å². The summed E-state index contributed by atoms with van der Waals surface area (Å²) >= 11 is 0. The number of fused-ring (bicyclic) bond motifs is 10. The van der Waals surface area contributed by atoms with Crippen LogP contribution in [-0.4, -0.2) is 15.8 Å². The highest BCUT2D eigenvalue weighted by Crippen LogP contribution is 2.53. The van der Waals surface area contributed by atoms with Crippen molar-refractivity contribution in [3.05, 3.63) is 258 Å². The van der Waals surface area contributed by atoms with Crippen LogP contribution in [0.2, 0.25) is 0 Å². The van der Waals surface area contributed by atoms with Crippen LogP contribution in [0.4, 0.5) is 34.1 Å². The second-order valence-electron chi connectivity index (χ2n) is 27.0. The molecule has 2 aliphatic rings. The number of hydrogen-bond donors (Lipinski definition) is 0. The number of anilines is 6. The molecule has 11 aromatic carbocycles. The Balaban J connectivity index is 1.12. The zero-order valence-electron chi connectivity index (χ0n) is 50.8. The Morgan fingerprint density at radius 1 is 0.294 bits per heavy atom. The molecule has 4 nitrogen and oxygen atoms in total. The Morgan fingerprint density at radius 3 is 0.953 bits per heavy atom. The van der Waals surface area contributed by atoms with Crippen molar-refractivity contribution in [2.24, 2.45) is 0 Å². The SMILES string of the molecule is Cc1c(-n2c3ccccc3c3ccccc32)ccc2c1N(c1ccc(C(C)(C)C)cc1-c1ccccc1)c1cc(C(C)(C)C)cc3c1B2c1ccc(-n2c4ccccc4c4ccccc42)c(C)c1N3c1ccc(C(C)(C)C)cc1-c1ccccc1. The Bertz CT molecular complexity index is 4460. The zero-order chi connectivity index (χ0) is 58.4. The van der Waals surface area contributed by atoms with Crippen molar-refractivity contribution < 1.29 is 0 Å². The van der Waals surface area contributed by atoms with E-state index in [1.165, 1.54) is 144 Å². The van der Waals surface area contributed by atoms with Crippen LogP contribution in [0.1, 0.15) is 90.1 Å². The third-order valence-corrected chi connectivity index (χ3v) is 18.7. The van der Waals surface area contributed by atoms with E-state index in [0.717, 1.165) is 11.4 Å². The van der Waals surface area contributed by atoms with E-state index in [1.54, 1.807) is 0 Å². The minimum absolute atomic E-state index is 0.0863. The normalized spacial score (nSPS) is 13.3. The van der Waals surface area contributed by atoms with Crippen molar-refractivity contribution in [2.45, 2.75) is 92.4 Å². The van der Waals surface area contributed by atoms with Gasteiger partial charge in [0, 0.05) is 55.4 Å². The monoisotopic (exact) mass is 1100 g/mol. The highest BCUT2D eigenvalue weighted by atomic mass is 15.2. The lowest BCUT2D eigenvalue weighted by atomic mass is 9.33. The molecule has 15 rings (SSSR count). The van der Waals surface area contributed by atoms with Gasteiger partial charge in [-0.2, -0.15) is 0 Å². The summed E-state index contributed by atoms with van der Waals surface area (Å²) in [6.45, 7) is 25.8. The maximum absolute atomic E-state index is 2.70. The van der Waals surface area contributed by atoms with Crippen molar-refractivity contribution in [1.82, 2.24) is 9.13 Å². The van der Waals surface area contributed by atoms with Gasteiger partial charge in [0.15, 0.2) is 0 Å². The Labute approximate surface area is 501 Å². The fraction of sp³-hybridized carbons (Fsp3) is 0.175. The molecule has 0 radical (unpaired) electrons. The lowest BCUT2D eigenvalue weighted by Gasteiger charge is -2.47. The van der Waals surface area contributed by atoms with Crippen molar-refractivity contribution in [3.8, 4) is 33.6 Å². The van der Waals surface area contributed by atoms with Gasteiger partial charge in [-0.05, 0) is 158 Å². The summed E-state index contributed by atoms with van der Waals surface area (Å²) in [7, 11) is 0. The van der Waals surface area contributed by atoms with E-state index >= 15 is 0 Å². The molecule has 0 bridgehead atoms. The van der Waals surface area contributed by atoms with E-state index in [4.69, 9.17) is 0 Å². The maximum Gasteiger partial charge on any atom is 0.252 e. The zero-order valence-corrected chi connectivity index (χ0v) is 50.8. The number of benzene rings is 11. The number of aromatic nitrogens is 2. The molecule has 85 heavy (non-hydrogen) atoms. The van der Waals surface area contributed by atoms with Crippen LogP contribution in [-0.2, 0) is 16.2 Å². The molecule has 0 N–H and O–H groups in total. The summed E-state index contributed by atoms with van der Waals surface area (Å²) in [5.74, 6) is 0. The largest absolute Gasteiger partial charge is 0.310 e. The first-order valence-corrected chi connectivity index (χ1v) is 30.4. The van der Waals surface area contributed by atoms with E-state index in [2.05, 4.69) is 326 Å². The first-order valence-electron chi connectivity index (χ1n) is 30.4. The van der Waals surface area contributed by atoms with Crippen LogP contribution < -0.4 is 26.2 Å². The summed E-state index contributed by atoms with van der Waals surface area (Å²) in [6.07, 6.45) is 0. The number of nitrogens with zero attached hydrogens (tertiary/aromatic N) is 4. The molecule has 2 aliphatic heterocycles. The van der Waals surface area contributed by atoms with E-state index in [0.29, 0.717) is 0 Å². The number of para-hydroxylation sites is 4. The molecule has 2 aromatic heterocycles. The molecule has 13 aromatic rings. The number of rotatable bonds is 6. The average molecular weight is 1100 g/mol. The Morgan fingerprint density at radius 2 is 0.612 bits per heavy atom. The summed E-state index contributed by atoms with van der Waals surface area (Å²) in [4.78, 5) is 5.40. The third-order valence-electron chi connectivity index (χ3n) is 18.7. The predicted octanol–water partition coefficient (Wildman–Crippen LogP) is 19.8. The molecular weight excluding hydrogens is 1030 g/mol. The Kier molecular flexibility index (Phi) is 11.8. The Hall–Kier alpha value is -9.32. The van der Waals surface area contributed by atoms with E-state index < -0.39 is 0 Å². The van der Waals surface area contributed by atoms with Crippen LogP contribution in [0.15, 0.2) is 231 Å². The van der Waals surface area contributed by atoms with Crippen LogP contribution in [0.5, 0.6) is 0 Å². The molecule has 0 aliphatic carbocycles. The van der Waals surface area contributed by atoms with Gasteiger partial charge in [0.1, 0.15) is 0 Å². The van der Waals surface area contributed by atoms with E-state index in [1.807, 2.05) is 0 Å². The molecule has 0 saturated carbocycles. The molecule has 414 valence electrons. The standard InChI is InChI=1S/C80H71BN4/c1-50-65(82-67-34-22-18-30-57(67)58-31-19-23-35-68(58)82)44-40-63-76(50)84(71-42-38-54(78(3,4)5)46-61(71)52-26-14-12-15-27-52)73-48-56(80(9,10)11)49-74-75(73)81(63)64-41-45-66(83-69-36-24-20-32-59(69)60-33-21-25-37-70(60)83)51(2)77(64)85(74)72-43-39-55(79(6,7)8)47-62(72)53-28-16-13-17-29-53/h12-49H,1-11H3. The van der Waals surface area contributed by atoms with Gasteiger partial charge in [-0.1, -0.05) is 220 Å². The maximum atomic E-state index is 2.70. The van der Waals surface area contributed by atoms with Crippen molar-refractivity contribution in [1.29, 1.82) is 0 Å². The second kappa shape index (κ2) is 19.1. The topological polar surface area (TPSA) is 16.3 Å². The summed E-state index contributed by atoms with van der Waals surface area (Å²) in [5.41, 5.74) is 28.9. The van der Waals surface area contributed by atoms with E-state index in [9.17, 15) is 0 Å². The fourth-order valence-electron chi connectivity index (χ4n) is 14.4. The van der Waals surface area contributed by atoms with Crippen molar-refractivity contribution in [3.63, 3.8) is 0 Å². The second-order valence-corrected chi connectivity index (χ2v) is 27.0. The molecule has 0 fully saturated rings. The first-order chi connectivity index (χ1) is 41.0. The fourth-order valence-corrected chi connectivity index (χ4v) is 14.4. The van der Waals surface area contributed by atoms with Crippen LogP contribution in [0.3, 0.4) is 0 Å². The lowest BCUT2D eigenvalue weighted by molar-refractivity contribution is 0.590. The minimum atomic E-state index is -0.241. The van der Waals surface area contributed by atoms with Gasteiger partial charge < -0.3 is 18.9 Å². The van der Waals surface area contributed by atoms with Crippen molar-refractivity contribution in [2.75, 3.05) is 9.80 Å². The minimum Gasteiger partial charge on any atom is -0.310 e. The van der Waals surface area contributed by atoms with Crippen LogP contribution >= 0.6 is 0 Å². The van der Waals surface area contributed by atoms with E-state index in [-0.39, 0.29) is 23.0 Å². The third kappa shape index (κ3) is 8.10. The molecular formula is C80H71BN4. The molecule has 0 spiro atoms. The summed E-state index contributed by atoms with van der Waals surface area (Å²) < 4.78 is 5.05. The molecule has 0 amide bonds. The highest BCUT2D eigenvalue weighted by Gasteiger charge is 2.47. The molecule has 0 atom stereocenters. The molecule has 0 saturated heterocycles. The average Bonchev–Trinajstić information content (AvgIpc) is 1.21. The van der Waals surface area contributed by atoms with Gasteiger partial charge >= 0.3 is 0 Å². The smallest absolute Gasteiger partial charge is 0.252 e. The van der Waals surface area contributed by atoms with Gasteiger partial charge in [0.05, 0.1) is 44.8 Å². The number of hydrogen-bond acceptors (Lipinski definition) is 2. The molecule has 5 heteroatoms. The highest BCUT2D eigenvalue weighted by molar-refractivity contribution is 7.00. The van der Waals surface area contributed by atoms with Crippen LogP contribution in [0, 0.1) is 13.8 Å². The summed E-state index contributed by atoms with van der Waals surface area (Å²) in [6, 6.07) is 87.6. The quantitative estimate of drug-likeness (QED) is 0.154. The van der Waals surface area contributed by atoms with Crippen molar-refractivity contribution >= 4 is 101 Å². The molecule has 4 heterocycles. The van der Waals surface area contributed by atoms with Gasteiger partial charge in [-0.25, -0.2) is 0 Å².